The highest BCUT2D eigenvalue weighted by Crippen LogP contribution is 2.29. The molecule has 29 heavy (non-hydrogen) atoms. The maximum Gasteiger partial charge on any atom is 0.253 e. The zero-order chi connectivity index (χ0) is 20.8. The Balaban J connectivity index is 1.72. The number of amides is 2. The molecule has 2 aromatic carbocycles. The fourth-order valence-electron chi connectivity index (χ4n) is 2.63. The average Bonchev–Trinajstić information content (AvgIpc) is 3.21. The summed E-state index contributed by atoms with van der Waals surface area (Å²) in [6, 6.07) is 14.9. The standard InChI is InChI=1S/C22H19FN2O3S/c1-24-22(27)18-13-16(28-2)7-10-19(18)25-21(26)12-9-17-8-11-20(29-17)14-3-5-15(23)6-4-14/h3-13H,1-2H3,(H,24,27)(H,25,26). The Hall–Kier alpha value is -3.45. The first kappa shape index (κ1) is 20.3. The van der Waals surface area contributed by atoms with Gasteiger partial charge in [-0.25, -0.2) is 4.39 Å². The first-order valence-electron chi connectivity index (χ1n) is 8.75. The van der Waals surface area contributed by atoms with Gasteiger partial charge in [-0.2, -0.15) is 0 Å². The largest absolute Gasteiger partial charge is 0.497 e. The fraction of sp³-hybridized carbons (Fsp3) is 0.0909. The van der Waals surface area contributed by atoms with E-state index in [1.54, 1.807) is 36.4 Å². The minimum atomic E-state index is -0.364. The van der Waals surface area contributed by atoms with Crippen molar-refractivity contribution in [3.05, 3.63) is 76.9 Å². The number of ether oxygens (including phenoxy) is 1. The molecule has 0 bridgehead atoms. The van der Waals surface area contributed by atoms with Crippen LogP contribution in [0.25, 0.3) is 16.5 Å². The predicted octanol–water partition coefficient (Wildman–Crippen LogP) is 4.57. The molecule has 0 unspecified atom stereocenters. The van der Waals surface area contributed by atoms with Crippen LogP contribution in [0.4, 0.5) is 10.1 Å². The second-order valence-electron chi connectivity index (χ2n) is 6.02. The highest BCUT2D eigenvalue weighted by Gasteiger charge is 2.13. The van der Waals surface area contributed by atoms with Gasteiger partial charge in [0.15, 0.2) is 0 Å². The van der Waals surface area contributed by atoms with Crippen LogP contribution in [0.2, 0.25) is 0 Å². The summed E-state index contributed by atoms with van der Waals surface area (Å²) in [5.41, 5.74) is 1.61. The molecule has 3 aromatic rings. The van der Waals surface area contributed by atoms with Crippen molar-refractivity contribution in [2.75, 3.05) is 19.5 Å². The van der Waals surface area contributed by atoms with Crippen molar-refractivity contribution < 1.29 is 18.7 Å². The molecule has 1 heterocycles. The maximum absolute atomic E-state index is 13.1. The van der Waals surface area contributed by atoms with E-state index in [2.05, 4.69) is 10.6 Å². The molecule has 3 rings (SSSR count). The molecule has 148 valence electrons. The summed E-state index contributed by atoms with van der Waals surface area (Å²) < 4.78 is 18.2. The van der Waals surface area contributed by atoms with E-state index in [4.69, 9.17) is 4.74 Å². The third kappa shape index (κ3) is 5.08. The zero-order valence-electron chi connectivity index (χ0n) is 15.9. The Morgan fingerprint density at radius 2 is 1.83 bits per heavy atom. The van der Waals surface area contributed by atoms with E-state index in [0.29, 0.717) is 17.0 Å². The number of carbonyl (C=O) groups is 2. The van der Waals surface area contributed by atoms with Crippen LogP contribution in [0.5, 0.6) is 5.75 Å². The molecule has 0 saturated heterocycles. The number of hydrogen-bond acceptors (Lipinski definition) is 4. The van der Waals surface area contributed by atoms with Crippen molar-refractivity contribution in [2.45, 2.75) is 0 Å². The summed E-state index contributed by atoms with van der Waals surface area (Å²) in [6.07, 6.45) is 3.09. The molecular formula is C22H19FN2O3S. The number of anilines is 1. The summed E-state index contributed by atoms with van der Waals surface area (Å²) in [4.78, 5) is 26.2. The first-order valence-corrected chi connectivity index (χ1v) is 9.57. The number of halogens is 1. The van der Waals surface area contributed by atoms with E-state index < -0.39 is 0 Å². The van der Waals surface area contributed by atoms with E-state index in [1.165, 1.54) is 43.7 Å². The van der Waals surface area contributed by atoms with Gasteiger partial charge in [0.2, 0.25) is 5.91 Å². The van der Waals surface area contributed by atoms with Gasteiger partial charge in [0.25, 0.3) is 5.91 Å². The Kier molecular flexibility index (Phi) is 6.41. The lowest BCUT2D eigenvalue weighted by Crippen LogP contribution is -2.21. The van der Waals surface area contributed by atoms with Gasteiger partial charge in [0, 0.05) is 22.9 Å². The third-order valence-electron chi connectivity index (χ3n) is 4.11. The molecule has 0 fully saturated rings. The Labute approximate surface area is 171 Å². The number of benzene rings is 2. The highest BCUT2D eigenvalue weighted by atomic mass is 32.1. The summed E-state index contributed by atoms with van der Waals surface area (Å²) in [6.45, 7) is 0. The minimum absolute atomic E-state index is 0.281. The molecule has 5 nitrogen and oxygen atoms in total. The number of nitrogens with one attached hydrogen (secondary N) is 2. The van der Waals surface area contributed by atoms with Crippen LogP contribution in [0.15, 0.2) is 60.7 Å². The number of methoxy groups -OCH3 is 1. The Morgan fingerprint density at radius 1 is 1.07 bits per heavy atom. The van der Waals surface area contributed by atoms with Crippen LogP contribution < -0.4 is 15.4 Å². The summed E-state index contributed by atoms with van der Waals surface area (Å²) in [7, 11) is 3.02. The molecule has 0 aliphatic heterocycles. The smallest absolute Gasteiger partial charge is 0.253 e. The van der Waals surface area contributed by atoms with Gasteiger partial charge in [0.05, 0.1) is 18.4 Å². The summed E-state index contributed by atoms with van der Waals surface area (Å²) >= 11 is 1.49. The van der Waals surface area contributed by atoms with E-state index in [9.17, 15) is 14.0 Å². The van der Waals surface area contributed by atoms with Gasteiger partial charge in [-0.15, -0.1) is 11.3 Å². The Morgan fingerprint density at radius 3 is 2.52 bits per heavy atom. The third-order valence-corrected chi connectivity index (χ3v) is 5.21. The number of thiophene rings is 1. The van der Waals surface area contributed by atoms with Crippen LogP contribution in [0, 0.1) is 5.82 Å². The molecule has 0 atom stereocenters. The summed E-state index contributed by atoms with van der Waals surface area (Å²) in [5, 5.41) is 5.25. The highest BCUT2D eigenvalue weighted by molar-refractivity contribution is 7.16. The van der Waals surface area contributed by atoms with Gasteiger partial charge >= 0.3 is 0 Å². The molecule has 0 aliphatic rings. The zero-order valence-corrected chi connectivity index (χ0v) is 16.7. The van der Waals surface area contributed by atoms with E-state index in [1.807, 2.05) is 12.1 Å². The lowest BCUT2D eigenvalue weighted by Gasteiger charge is -2.10. The van der Waals surface area contributed by atoms with Crippen molar-refractivity contribution in [3.8, 4) is 16.2 Å². The second kappa shape index (κ2) is 9.16. The lowest BCUT2D eigenvalue weighted by molar-refractivity contribution is -0.111. The van der Waals surface area contributed by atoms with E-state index >= 15 is 0 Å². The molecule has 0 spiro atoms. The van der Waals surface area contributed by atoms with Crippen LogP contribution in [-0.4, -0.2) is 26.0 Å². The molecule has 0 radical (unpaired) electrons. The molecule has 0 aliphatic carbocycles. The number of carbonyl (C=O) groups excluding carboxylic acids is 2. The number of rotatable bonds is 6. The second-order valence-corrected chi connectivity index (χ2v) is 7.14. The Bertz CT molecular complexity index is 1060. The van der Waals surface area contributed by atoms with Crippen molar-refractivity contribution in [2.24, 2.45) is 0 Å². The van der Waals surface area contributed by atoms with Crippen molar-refractivity contribution in [1.82, 2.24) is 5.32 Å². The van der Waals surface area contributed by atoms with Crippen molar-refractivity contribution >= 4 is 34.9 Å². The topological polar surface area (TPSA) is 67.4 Å². The molecule has 0 saturated carbocycles. The van der Waals surface area contributed by atoms with E-state index in [-0.39, 0.29) is 17.6 Å². The minimum Gasteiger partial charge on any atom is -0.497 e. The molecule has 2 amide bonds. The molecule has 2 N–H and O–H groups in total. The quantitative estimate of drug-likeness (QED) is 0.585. The van der Waals surface area contributed by atoms with Crippen molar-refractivity contribution in [1.29, 1.82) is 0 Å². The SMILES string of the molecule is CNC(=O)c1cc(OC)ccc1NC(=O)C=Cc1ccc(-c2ccc(F)cc2)s1. The van der Waals surface area contributed by atoms with Crippen LogP contribution in [0.1, 0.15) is 15.2 Å². The fourth-order valence-corrected chi connectivity index (χ4v) is 3.54. The van der Waals surface area contributed by atoms with Crippen LogP contribution in [-0.2, 0) is 4.79 Å². The van der Waals surface area contributed by atoms with E-state index in [0.717, 1.165) is 15.3 Å². The van der Waals surface area contributed by atoms with Gasteiger partial charge < -0.3 is 15.4 Å². The van der Waals surface area contributed by atoms with Crippen molar-refractivity contribution in [3.63, 3.8) is 0 Å². The predicted molar refractivity (Wildman–Crippen MR) is 114 cm³/mol. The number of hydrogen-bond donors (Lipinski definition) is 2. The normalized spacial score (nSPS) is 10.7. The lowest BCUT2D eigenvalue weighted by atomic mass is 10.1. The van der Waals surface area contributed by atoms with Gasteiger partial charge in [-0.05, 0) is 54.1 Å². The van der Waals surface area contributed by atoms with Gasteiger partial charge in [-0.3, -0.25) is 9.59 Å². The first-order chi connectivity index (χ1) is 14.0. The monoisotopic (exact) mass is 410 g/mol. The average molecular weight is 410 g/mol. The van der Waals surface area contributed by atoms with Crippen LogP contribution >= 0.6 is 11.3 Å². The molecule has 1 aromatic heterocycles. The molecular weight excluding hydrogens is 391 g/mol. The van der Waals surface area contributed by atoms with Gasteiger partial charge in [0.1, 0.15) is 11.6 Å². The van der Waals surface area contributed by atoms with Gasteiger partial charge in [-0.1, -0.05) is 12.1 Å². The maximum atomic E-state index is 13.1. The summed E-state index contributed by atoms with van der Waals surface area (Å²) in [5.74, 6) is -0.455. The molecule has 7 heteroatoms. The van der Waals surface area contributed by atoms with Crippen LogP contribution in [0.3, 0.4) is 0 Å².